The number of urea groups is 1. The van der Waals surface area contributed by atoms with E-state index >= 15 is 0 Å². The highest BCUT2D eigenvalue weighted by molar-refractivity contribution is 7.92. The minimum atomic E-state index is -3.06. The van der Waals surface area contributed by atoms with Crippen molar-refractivity contribution in [3.8, 4) is 5.75 Å². The molecule has 0 saturated carbocycles. The van der Waals surface area contributed by atoms with Crippen molar-refractivity contribution in [3.63, 3.8) is 0 Å². The quantitative estimate of drug-likeness (QED) is 0.898. The number of ether oxygens (including phenoxy) is 1. The van der Waals surface area contributed by atoms with Gasteiger partial charge in [0.1, 0.15) is 5.75 Å². The van der Waals surface area contributed by atoms with Crippen LogP contribution < -0.4 is 10.1 Å². The molecule has 21 heavy (non-hydrogen) atoms. The van der Waals surface area contributed by atoms with Crippen LogP contribution in [0.1, 0.15) is 13.8 Å². The summed E-state index contributed by atoms with van der Waals surface area (Å²) in [5.41, 5.74) is 0.589. The van der Waals surface area contributed by atoms with Crippen LogP contribution in [-0.4, -0.2) is 50.0 Å². The molecule has 1 aliphatic heterocycles. The fourth-order valence-corrected chi connectivity index (χ4v) is 3.40. The number of carbonyl (C=O) groups excluding carboxylic acids is 1. The third kappa shape index (κ3) is 3.47. The number of benzene rings is 1. The Balaban J connectivity index is 1.95. The molecule has 116 valence electrons. The van der Waals surface area contributed by atoms with Gasteiger partial charge in [-0.2, -0.15) is 0 Å². The number of hydrogen-bond acceptors (Lipinski definition) is 4. The molecule has 1 heterocycles. The van der Waals surface area contributed by atoms with Crippen LogP contribution in [0.25, 0.3) is 0 Å². The number of anilines is 1. The zero-order valence-corrected chi connectivity index (χ0v) is 13.0. The Bertz CT molecular complexity index is 609. The Hall–Kier alpha value is -1.76. The average molecular weight is 312 g/mol. The first-order chi connectivity index (χ1) is 9.97. The summed E-state index contributed by atoms with van der Waals surface area (Å²) in [6.45, 7) is 4.50. The number of sulfone groups is 1. The number of likely N-dealkylation sites (tertiary alicyclic amines) is 1. The van der Waals surface area contributed by atoms with Gasteiger partial charge in [-0.05, 0) is 19.1 Å². The molecule has 1 N–H and O–H groups in total. The Morgan fingerprint density at radius 3 is 2.62 bits per heavy atom. The predicted octanol–water partition coefficient (Wildman–Crippen LogP) is 1.74. The van der Waals surface area contributed by atoms with Crippen LogP contribution in [0.2, 0.25) is 0 Å². The van der Waals surface area contributed by atoms with E-state index in [0.717, 1.165) is 0 Å². The van der Waals surface area contributed by atoms with E-state index in [0.29, 0.717) is 18.0 Å². The molecular weight excluding hydrogens is 292 g/mol. The highest BCUT2D eigenvalue weighted by Crippen LogP contribution is 2.25. The average Bonchev–Trinajstić information content (AvgIpc) is 2.39. The minimum Gasteiger partial charge on any atom is -0.492 e. The number of para-hydroxylation sites is 2. The SMILES string of the molecule is CCOc1ccccc1NC(=O)N1CC(S(=O)(=O)CC)C1. The number of nitrogens with one attached hydrogen (secondary N) is 1. The van der Waals surface area contributed by atoms with Gasteiger partial charge in [-0.15, -0.1) is 0 Å². The monoisotopic (exact) mass is 312 g/mol. The molecule has 0 spiro atoms. The van der Waals surface area contributed by atoms with Crippen LogP contribution in [0.5, 0.6) is 5.75 Å². The Morgan fingerprint density at radius 2 is 2.00 bits per heavy atom. The van der Waals surface area contributed by atoms with Crippen LogP contribution in [0.4, 0.5) is 10.5 Å². The van der Waals surface area contributed by atoms with E-state index in [2.05, 4.69) is 5.32 Å². The van der Waals surface area contributed by atoms with Crippen molar-refractivity contribution in [2.75, 3.05) is 30.8 Å². The van der Waals surface area contributed by atoms with Gasteiger partial charge in [0, 0.05) is 18.8 Å². The van der Waals surface area contributed by atoms with E-state index in [1.54, 1.807) is 25.1 Å². The van der Waals surface area contributed by atoms with Gasteiger partial charge in [0.05, 0.1) is 17.5 Å². The normalized spacial score (nSPS) is 15.4. The third-order valence-electron chi connectivity index (χ3n) is 3.47. The molecule has 2 amide bonds. The van der Waals surface area contributed by atoms with Crippen LogP contribution in [0.3, 0.4) is 0 Å². The van der Waals surface area contributed by atoms with Gasteiger partial charge in [0.15, 0.2) is 9.84 Å². The van der Waals surface area contributed by atoms with Gasteiger partial charge >= 0.3 is 6.03 Å². The standard InChI is InChI=1S/C14H20N2O4S/c1-3-20-13-8-6-5-7-12(13)15-14(17)16-9-11(10-16)21(18,19)4-2/h5-8,11H,3-4,9-10H2,1-2H3,(H,15,17). The van der Waals surface area contributed by atoms with Crippen molar-refractivity contribution in [3.05, 3.63) is 24.3 Å². The summed E-state index contributed by atoms with van der Waals surface area (Å²) in [5.74, 6) is 0.715. The number of hydrogen-bond donors (Lipinski definition) is 1. The zero-order valence-electron chi connectivity index (χ0n) is 12.2. The molecule has 1 aromatic carbocycles. The van der Waals surface area contributed by atoms with E-state index in [4.69, 9.17) is 4.74 Å². The molecule has 1 aromatic rings. The lowest BCUT2D eigenvalue weighted by atomic mass is 10.2. The number of amides is 2. The molecule has 6 nitrogen and oxygen atoms in total. The lowest BCUT2D eigenvalue weighted by Gasteiger charge is -2.38. The summed E-state index contributed by atoms with van der Waals surface area (Å²) >= 11 is 0. The number of nitrogens with zero attached hydrogens (tertiary/aromatic N) is 1. The van der Waals surface area contributed by atoms with Crippen molar-refractivity contribution in [2.24, 2.45) is 0 Å². The largest absolute Gasteiger partial charge is 0.492 e. The van der Waals surface area contributed by atoms with E-state index in [9.17, 15) is 13.2 Å². The van der Waals surface area contributed by atoms with Crippen LogP contribution in [-0.2, 0) is 9.84 Å². The fraction of sp³-hybridized carbons (Fsp3) is 0.500. The molecule has 0 aromatic heterocycles. The van der Waals surface area contributed by atoms with Crippen LogP contribution in [0, 0.1) is 0 Å². The second-order valence-electron chi connectivity index (χ2n) is 4.84. The molecule has 0 radical (unpaired) electrons. The maximum absolute atomic E-state index is 12.1. The summed E-state index contributed by atoms with van der Waals surface area (Å²) in [7, 11) is -3.06. The van der Waals surface area contributed by atoms with E-state index in [1.165, 1.54) is 4.90 Å². The third-order valence-corrected chi connectivity index (χ3v) is 5.59. The van der Waals surface area contributed by atoms with Crippen LogP contribution in [0.15, 0.2) is 24.3 Å². The number of carbonyl (C=O) groups is 1. The summed E-state index contributed by atoms with van der Waals surface area (Å²) in [4.78, 5) is 13.6. The molecule has 0 atom stereocenters. The van der Waals surface area contributed by atoms with E-state index in [1.807, 2.05) is 13.0 Å². The summed E-state index contributed by atoms with van der Waals surface area (Å²) in [6, 6.07) is 6.86. The molecule has 0 aliphatic carbocycles. The molecule has 7 heteroatoms. The second-order valence-corrected chi connectivity index (χ2v) is 7.41. The van der Waals surface area contributed by atoms with Gasteiger partial charge in [0.2, 0.25) is 0 Å². The zero-order chi connectivity index (χ0) is 15.5. The van der Waals surface area contributed by atoms with Crippen molar-refractivity contribution < 1.29 is 17.9 Å². The van der Waals surface area contributed by atoms with Crippen LogP contribution >= 0.6 is 0 Å². The van der Waals surface area contributed by atoms with E-state index in [-0.39, 0.29) is 24.9 Å². The predicted molar refractivity (Wildman–Crippen MR) is 81.5 cm³/mol. The van der Waals surface area contributed by atoms with Gasteiger partial charge < -0.3 is 15.0 Å². The first-order valence-corrected chi connectivity index (χ1v) is 8.68. The highest BCUT2D eigenvalue weighted by atomic mass is 32.2. The molecule has 1 fully saturated rings. The van der Waals surface area contributed by atoms with Gasteiger partial charge in [0.25, 0.3) is 0 Å². The van der Waals surface area contributed by atoms with Gasteiger partial charge in [-0.25, -0.2) is 13.2 Å². The molecule has 2 rings (SSSR count). The fourth-order valence-electron chi connectivity index (χ4n) is 2.11. The Morgan fingerprint density at radius 1 is 1.33 bits per heavy atom. The van der Waals surface area contributed by atoms with Gasteiger partial charge in [-0.3, -0.25) is 0 Å². The van der Waals surface area contributed by atoms with Gasteiger partial charge in [-0.1, -0.05) is 19.1 Å². The topological polar surface area (TPSA) is 75.7 Å². The lowest BCUT2D eigenvalue weighted by molar-refractivity contribution is 0.182. The van der Waals surface area contributed by atoms with Crippen molar-refractivity contribution in [1.29, 1.82) is 0 Å². The summed E-state index contributed by atoms with van der Waals surface area (Å²) in [6.07, 6.45) is 0. The Labute approximate surface area is 125 Å². The Kier molecular flexibility index (Phi) is 4.72. The van der Waals surface area contributed by atoms with Crippen molar-refractivity contribution >= 4 is 21.6 Å². The minimum absolute atomic E-state index is 0.111. The molecule has 0 unspecified atom stereocenters. The maximum atomic E-state index is 12.1. The second kappa shape index (κ2) is 6.34. The summed E-state index contributed by atoms with van der Waals surface area (Å²) in [5, 5.41) is 2.32. The lowest BCUT2D eigenvalue weighted by Crippen LogP contribution is -2.58. The first kappa shape index (κ1) is 15.6. The molecule has 1 saturated heterocycles. The van der Waals surface area contributed by atoms with Crippen molar-refractivity contribution in [2.45, 2.75) is 19.1 Å². The number of rotatable bonds is 5. The first-order valence-electron chi connectivity index (χ1n) is 6.97. The highest BCUT2D eigenvalue weighted by Gasteiger charge is 2.38. The maximum Gasteiger partial charge on any atom is 0.322 e. The smallest absolute Gasteiger partial charge is 0.322 e. The molecule has 1 aliphatic rings. The van der Waals surface area contributed by atoms with Crippen molar-refractivity contribution in [1.82, 2.24) is 4.90 Å². The molecule has 0 bridgehead atoms. The van der Waals surface area contributed by atoms with E-state index < -0.39 is 15.1 Å². The molecular formula is C14H20N2O4S. The summed E-state index contributed by atoms with van der Waals surface area (Å²) < 4.78 is 28.8.